The highest BCUT2D eigenvalue weighted by atomic mass is 16.6. The summed E-state index contributed by atoms with van der Waals surface area (Å²) >= 11 is 0. The summed E-state index contributed by atoms with van der Waals surface area (Å²) in [5, 5.41) is 8.61. The second kappa shape index (κ2) is 14.5. The number of epoxide rings is 1. The van der Waals surface area contributed by atoms with E-state index in [1.54, 1.807) is 0 Å². The summed E-state index contributed by atoms with van der Waals surface area (Å²) in [7, 11) is 0. The van der Waals surface area contributed by atoms with E-state index in [1.165, 1.54) is 0 Å². The Hall–Kier alpha value is -1.87. The highest BCUT2D eigenvalue weighted by molar-refractivity contribution is 5.66. The van der Waals surface area contributed by atoms with Crippen molar-refractivity contribution in [3.8, 4) is 0 Å². The lowest BCUT2D eigenvalue weighted by Gasteiger charge is -1.89. The van der Waals surface area contributed by atoms with E-state index >= 15 is 0 Å². The molecule has 1 fully saturated rings. The molecule has 1 saturated heterocycles. The SMILES string of the molecule is CCC=CCC=CCC=CCC=CCC=CCC1OC1CCC(=O)O. The number of allylic oxidation sites excluding steroid dienone is 9. The fourth-order valence-corrected chi connectivity index (χ4v) is 2.39. The normalized spacial score (nSPS) is 20.8. The first-order valence-corrected chi connectivity index (χ1v) is 9.36. The van der Waals surface area contributed by atoms with Crippen LogP contribution in [-0.2, 0) is 9.53 Å². The van der Waals surface area contributed by atoms with E-state index in [-0.39, 0.29) is 18.6 Å². The average molecular weight is 344 g/mol. The van der Waals surface area contributed by atoms with Crippen LogP contribution in [0.5, 0.6) is 0 Å². The molecule has 138 valence electrons. The Balaban J connectivity index is 1.94. The third kappa shape index (κ3) is 13.1. The molecule has 1 aliphatic heterocycles. The van der Waals surface area contributed by atoms with Crippen molar-refractivity contribution in [2.45, 2.75) is 70.5 Å². The zero-order valence-electron chi connectivity index (χ0n) is 15.3. The molecule has 1 aliphatic rings. The number of carbonyl (C=O) groups is 1. The molecule has 0 amide bonds. The van der Waals surface area contributed by atoms with E-state index in [0.717, 1.165) is 38.5 Å². The van der Waals surface area contributed by atoms with E-state index < -0.39 is 5.97 Å². The van der Waals surface area contributed by atoms with E-state index in [1.807, 2.05) is 0 Å². The molecule has 3 heteroatoms. The second-order valence-corrected chi connectivity index (χ2v) is 6.09. The van der Waals surface area contributed by atoms with Crippen molar-refractivity contribution in [1.29, 1.82) is 0 Å². The summed E-state index contributed by atoms with van der Waals surface area (Å²) in [6, 6.07) is 0. The lowest BCUT2D eigenvalue weighted by Crippen LogP contribution is -1.99. The van der Waals surface area contributed by atoms with E-state index in [9.17, 15) is 4.79 Å². The van der Waals surface area contributed by atoms with Crippen LogP contribution < -0.4 is 0 Å². The predicted octanol–water partition coefficient (Wildman–Crippen LogP) is 5.76. The van der Waals surface area contributed by atoms with Crippen LogP contribution in [-0.4, -0.2) is 23.3 Å². The van der Waals surface area contributed by atoms with Crippen molar-refractivity contribution in [1.82, 2.24) is 0 Å². The molecular formula is C22H32O3. The zero-order chi connectivity index (χ0) is 18.2. The highest BCUT2D eigenvalue weighted by Gasteiger charge is 2.37. The molecule has 0 spiro atoms. The van der Waals surface area contributed by atoms with Crippen molar-refractivity contribution in [2.75, 3.05) is 0 Å². The van der Waals surface area contributed by atoms with Gasteiger partial charge in [-0.15, -0.1) is 0 Å². The van der Waals surface area contributed by atoms with Gasteiger partial charge in [-0.25, -0.2) is 0 Å². The number of carboxylic acids is 1. The van der Waals surface area contributed by atoms with Crippen LogP contribution in [0.3, 0.4) is 0 Å². The van der Waals surface area contributed by atoms with Crippen molar-refractivity contribution in [2.24, 2.45) is 0 Å². The maximum Gasteiger partial charge on any atom is 0.303 e. The monoisotopic (exact) mass is 344 g/mol. The summed E-state index contributed by atoms with van der Waals surface area (Å²) in [5.74, 6) is -0.746. The first-order chi connectivity index (χ1) is 12.2. The van der Waals surface area contributed by atoms with Gasteiger partial charge in [-0.1, -0.05) is 67.7 Å². The predicted molar refractivity (Wildman–Crippen MR) is 105 cm³/mol. The summed E-state index contributed by atoms with van der Waals surface area (Å²) in [6.45, 7) is 2.15. The topological polar surface area (TPSA) is 49.8 Å². The molecule has 25 heavy (non-hydrogen) atoms. The molecule has 1 N–H and O–H groups in total. The molecule has 0 bridgehead atoms. The molecule has 0 aromatic carbocycles. The Labute approximate surface area is 152 Å². The minimum absolute atomic E-state index is 0.151. The smallest absolute Gasteiger partial charge is 0.303 e. The van der Waals surface area contributed by atoms with Crippen molar-refractivity contribution in [3.63, 3.8) is 0 Å². The number of carboxylic acid groups (broad SMARTS) is 1. The van der Waals surface area contributed by atoms with Crippen LogP contribution in [0.25, 0.3) is 0 Å². The van der Waals surface area contributed by atoms with E-state index in [2.05, 4.69) is 67.7 Å². The second-order valence-electron chi connectivity index (χ2n) is 6.09. The largest absolute Gasteiger partial charge is 0.481 e. The number of hydrogen-bond acceptors (Lipinski definition) is 2. The first kappa shape index (κ1) is 21.2. The number of aliphatic carboxylic acids is 1. The molecule has 2 unspecified atom stereocenters. The number of ether oxygens (including phenoxy) is 1. The Morgan fingerprint density at radius 1 is 0.800 bits per heavy atom. The Morgan fingerprint density at radius 2 is 1.28 bits per heavy atom. The molecular weight excluding hydrogens is 312 g/mol. The standard InChI is InChI=1S/C22H32O3/c1-2-3-4-5-6-7-8-9-10-11-12-13-14-15-16-17-20-21(25-20)18-19-22(23)24/h3-4,6-7,9-10,12-13,15-16,20-21H,2,5,8,11,14,17-19H2,1H3,(H,23,24). The maximum absolute atomic E-state index is 10.5. The molecule has 1 heterocycles. The molecule has 0 aromatic rings. The van der Waals surface area contributed by atoms with Crippen LogP contribution >= 0.6 is 0 Å². The minimum atomic E-state index is -0.746. The Kier molecular flexibility index (Phi) is 12.3. The fourth-order valence-electron chi connectivity index (χ4n) is 2.39. The minimum Gasteiger partial charge on any atom is -0.481 e. The van der Waals surface area contributed by atoms with Gasteiger partial charge in [0.2, 0.25) is 0 Å². The van der Waals surface area contributed by atoms with Gasteiger partial charge in [-0.3, -0.25) is 4.79 Å². The van der Waals surface area contributed by atoms with Crippen LogP contribution in [0, 0.1) is 0 Å². The number of hydrogen-bond donors (Lipinski definition) is 1. The molecule has 3 nitrogen and oxygen atoms in total. The third-order valence-corrected chi connectivity index (χ3v) is 3.86. The molecule has 1 rings (SSSR count). The van der Waals surface area contributed by atoms with Gasteiger partial charge in [0.1, 0.15) is 0 Å². The van der Waals surface area contributed by atoms with Gasteiger partial charge in [0.05, 0.1) is 12.2 Å². The van der Waals surface area contributed by atoms with Gasteiger partial charge < -0.3 is 9.84 Å². The lowest BCUT2D eigenvalue weighted by atomic mass is 10.1. The third-order valence-electron chi connectivity index (χ3n) is 3.86. The van der Waals surface area contributed by atoms with Gasteiger partial charge in [-0.05, 0) is 44.9 Å². The molecule has 0 saturated carbocycles. The summed E-state index contributed by atoms with van der Waals surface area (Å²) in [6.07, 6.45) is 28.9. The average Bonchev–Trinajstić information content (AvgIpc) is 3.35. The molecule has 0 aromatic heterocycles. The molecule has 2 atom stereocenters. The van der Waals surface area contributed by atoms with Crippen molar-refractivity contribution < 1.29 is 14.6 Å². The van der Waals surface area contributed by atoms with Gasteiger partial charge in [0.15, 0.2) is 0 Å². The van der Waals surface area contributed by atoms with Gasteiger partial charge in [0, 0.05) is 6.42 Å². The Morgan fingerprint density at radius 3 is 1.76 bits per heavy atom. The van der Waals surface area contributed by atoms with Gasteiger partial charge >= 0.3 is 5.97 Å². The zero-order valence-corrected chi connectivity index (χ0v) is 15.3. The number of rotatable bonds is 14. The first-order valence-electron chi connectivity index (χ1n) is 9.36. The molecule has 0 aliphatic carbocycles. The van der Waals surface area contributed by atoms with Gasteiger partial charge in [0.25, 0.3) is 0 Å². The summed E-state index contributed by atoms with van der Waals surface area (Å²) in [4.78, 5) is 10.5. The summed E-state index contributed by atoms with van der Waals surface area (Å²) in [5.41, 5.74) is 0. The lowest BCUT2D eigenvalue weighted by molar-refractivity contribution is -0.137. The van der Waals surface area contributed by atoms with Crippen molar-refractivity contribution >= 4 is 5.97 Å². The molecule has 0 radical (unpaired) electrons. The van der Waals surface area contributed by atoms with Crippen LogP contribution in [0.2, 0.25) is 0 Å². The fraction of sp³-hybridized carbons (Fsp3) is 0.500. The van der Waals surface area contributed by atoms with Crippen LogP contribution in [0.15, 0.2) is 60.8 Å². The quantitative estimate of drug-likeness (QED) is 0.322. The Bertz CT molecular complexity index is 497. The van der Waals surface area contributed by atoms with E-state index in [4.69, 9.17) is 9.84 Å². The highest BCUT2D eigenvalue weighted by Crippen LogP contribution is 2.29. The van der Waals surface area contributed by atoms with Crippen molar-refractivity contribution in [3.05, 3.63) is 60.8 Å². The van der Waals surface area contributed by atoms with E-state index in [0.29, 0.717) is 6.42 Å². The van der Waals surface area contributed by atoms with Crippen LogP contribution in [0.4, 0.5) is 0 Å². The van der Waals surface area contributed by atoms with Crippen LogP contribution in [0.1, 0.15) is 58.3 Å². The maximum atomic E-state index is 10.5. The van der Waals surface area contributed by atoms with Gasteiger partial charge in [-0.2, -0.15) is 0 Å². The summed E-state index contributed by atoms with van der Waals surface area (Å²) < 4.78 is 5.44.